The van der Waals surface area contributed by atoms with Gasteiger partial charge in [-0.15, -0.1) is 0 Å². The molecular weight excluding hydrogens is 244 g/mol. The lowest BCUT2D eigenvalue weighted by molar-refractivity contribution is 0.0423. The van der Waals surface area contributed by atoms with Gasteiger partial charge in [-0.1, -0.05) is 43.7 Å². The summed E-state index contributed by atoms with van der Waals surface area (Å²) in [5.74, 6) is 0.868. The van der Waals surface area contributed by atoms with Crippen molar-refractivity contribution in [2.75, 3.05) is 13.1 Å². The first-order valence-electron chi connectivity index (χ1n) is 8.10. The third-order valence-electron chi connectivity index (χ3n) is 5.09. The zero-order valence-electron chi connectivity index (χ0n) is 13.4. The molecule has 2 rings (SSSR count). The average Bonchev–Trinajstić information content (AvgIpc) is 2.46. The summed E-state index contributed by atoms with van der Waals surface area (Å²) in [5.41, 5.74) is 9.19. The van der Waals surface area contributed by atoms with Crippen LogP contribution in [0.15, 0.2) is 24.3 Å². The Hall–Kier alpha value is -0.860. The summed E-state index contributed by atoms with van der Waals surface area (Å²) in [7, 11) is 0. The second-order valence-corrected chi connectivity index (χ2v) is 6.61. The normalized spacial score (nSPS) is 26.9. The molecule has 1 aromatic rings. The van der Waals surface area contributed by atoms with E-state index in [1.165, 1.54) is 36.8 Å². The lowest BCUT2D eigenvalue weighted by Gasteiger charge is -2.47. The number of nitrogens with zero attached hydrogens (tertiary/aromatic N) is 1. The van der Waals surface area contributed by atoms with Crippen LogP contribution < -0.4 is 5.73 Å². The maximum absolute atomic E-state index is 6.20. The molecule has 1 aliphatic rings. The van der Waals surface area contributed by atoms with Gasteiger partial charge in [0.15, 0.2) is 0 Å². The van der Waals surface area contributed by atoms with Gasteiger partial charge in [-0.3, -0.25) is 4.90 Å². The smallest absolute Gasteiger partial charge is 0.0335 e. The molecule has 1 aromatic carbocycles. The Morgan fingerprint density at radius 3 is 2.55 bits per heavy atom. The van der Waals surface area contributed by atoms with Gasteiger partial charge in [-0.25, -0.2) is 0 Å². The molecule has 20 heavy (non-hydrogen) atoms. The molecule has 2 nitrogen and oxygen atoms in total. The third-order valence-corrected chi connectivity index (χ3v) is 5.09. The molecule has 0 radical (unpaired) electrons. The van der Waals surface area contributed by atoms with Crippen LogP contribution in [0, 0.1) is 12.8 Å². The van der Waals surface area contributed by atoms with E-state index in [2.05, 4.69) is 49.9 Å². The minimum absolute atomic E-state index is 0.227. The molecule has 1 saturated carbocycles. The first-order valence-corrected chi connectivity index (χ1v) is 8.10. The fourth-order valence-corrected chi connectivity index (χ4v) is 3.59. The fraction of sp³-hybridized carbons (Fsp3) is 0.667. The molecule has 0 aromatic heterocycles. The number of hydrogen-bond acceptors (Lipinski definition) is 2. The van der Waals surface area contributed by atoms with Gasteiger partial charge in [-0.05, 0) is 50.6 Å². The number of hydrogen-bond donors (Lipinski definition) is 1. The summed E-state index contributed by atoms with van der Waals surface area (Å²) in [6.07, 6.45) is 5.15. The van der Waals surface area contributed by atoms with Crippen LogP contribution >= 0.6 is 0 Å². The Morgan fingerprint density at radius 2 is 2.00 bits per heavy atom. The lowest BCUT2D eigenvalue weighted by Crippen LogP contribution is -2.55. The molecule has 0 heterocycles. The zero-order valence-corrected chi connectivity index (χ0v) is 13.4. The number of rotatable bonds is 5. The maximum Gasteiger partial charge on any atom is 0.0335 e. The molecule has 0 unspecified atom stereocenters. The molecule has 0 atom stereocenters. The number of nitrogens with two attached hydrogens (primary N) is 1. The highest BCUT2D eigenvalue weighted by Gasteiger charge is 2.37. The van der Waals surface area contributed by atoms with Gasteiger partial charge in [0.05, 0.1) is 0 Å². The fourth-order valence-electron chi connectivity index (χ4n) is 3.59. The van der Waals surface area contributed by atoms with Gasteiger partial charge < -0.3 is 5.73 Å². The molecule has 0 aliphatic heterocycles. The van der Waals surface area contributed by atoms with Crippen LogP contribution in [0.1, 0.15) is 50.7 Å². The Labute approximate surface area is 124 Å². The molecule has 1 aliphatic carbocycles. The quantitative estimate of drug-likeness (QED) is 0.886. The van der Waals surface area contributed by atoms with Crippen LogP contribution in [-0.4, -0.2) is 23.5 Å². The van der Waals surface area contributed by atoms with Gasteiger partial charge in [0.25, 0.3) is 0 Å². The van der Waals surface area contributed by atoms with E-state index >= 15 is 0 Å². The predicted octanol–water partition coefficient (Wildman–Crippen LogP) is 3.72. The zero-order chi connectivity index (χ0) is 14.6. The van der Waals surface area contributed by atoms with Crippen LogP contribution in [0.2, 0.25) is 0 Å². The highest BCUT2D eigenvalue weighted by molar-refractivity contribution is 5.22. The van der Waals surface area contributed by atoms with Crippen molar-refractivity contribution >= 4 is 0 Å². The SMILES string of the molecule is CCN(Cc1cccc(C)c1)C1(CN)CCC(C)CC1. The van der Waals surface area contributed by atoms with Crippen molar-refractivity contribution in [2.45, 2.75) is 58.5 Å². The minimum Gasteiger partial charge on any atom is -0.329 e. The maximum atomic E-state index is 6.20. The molecule has 0 spiro atoms. The van der Waals surface area contributed by atoms with Crippen molar-refractivity contribution in [1.82, 2.24) is 4.90 Å². The van der Waals surface area contributed by atoms with Crippen LogP contribution in [0.4, 0.5) is 0 Å². The molecular formula is C18H30N2. The standard InChI is InChI=1S/C18H30N2/c1-4-20(13-17-7-5-6-16(3)12-17)18(14-19)10-8-15(2)9-11-18/h5-7,12,15H,4,8-11,13-14,19H2,1-3H3. The van der Waals surface area contributed by atoms with E-state index < -0.39 is 0 Å². The van der Waals surface area contributed by atoms with Crippen molar-refractivity contribution in [3.8, 4) is 0 Å². The summed E-state index contributed by atoms with van der Waals surface area (Å²) in [6, 6.07) is 8.88. The van der Waals surface area contributed by atoms with Gasteiger partial charge >= 0.3 is 0 Å². The van der Waals surface area contributed by atoms with E-state index in [9.17, 15) is 0 Å². The molecule has 112 valence electrons. The van der Waals surface area contributed by atoms with Crippen molar-refractivity contribution in [3.05, 3.63) is 35.4 Å². The summed E-state index contributed by atoms with van der Waals surface area (Å²) >= 11 is 0. The van der Waals surface area contributed by atoms with Crippen LogP contribution in [0.3, 0.4) is 0 Å². The van der Waals surface area contributed by atoms with Crippen molar-refractivity contribution in [2.24, 2.45) is 11.7 Å². The first kappa shape index (κ1) is 15.5. The lowest BCUT2D eigenvalue weighted by atomic mass is 9.76. The van der Waals surface area contributed by atoms with Gasteiger partial charge in [0.2, 0.25) is 0 Å². The Morgan fingerprint density at radius 1 is 1.30 bits per heavy atom. The molecule has 0 amide bonds. The molecule has 2 heteroatoms. The molecule has 2 N–H and O–H groups in total. The largest absolute Gasteiger partial charge is 0.329 e. The second-order valence-electron chi connectivity index (χ2n) is 6.61. The summed E-state index contributed by atoms with van der Waals surface area (Å²) < 4.78 is 0. The molecule has 1 fully saturated rings. The monoisotopic (exact) mass is 274 g/mol. The highest BCUT2D eigenvalue weighted by atomic mass is 15.2. The van der Waals surface area contributed by atoms with E-state index in [0.29, 0.717) is 0 Å². The van der Waals surface area contributed by atoms with Crippen LogP contribution in [-0.2, 0) is 6.54 Å². The summed E-state index contributed by atoms with van der Waals surface area (Å²) in [5, 5.41) is 0. The van der Waals surface area contributed by atoms with Gasteiger partial charge in [0, 0.05) is 18.6 Å². The average molecular weight is 274 g/mol. The van der Waals surface area contributed by atoms with Crippen molar-refractivity contribution in [1.29, 1.82) is 0 Å². The predicted molar refractivity (Wildman–Crippen MR) is 86.7 cm³/mol. The molecule has 0 saturated heterocycles. The first-order chi connectivity index (χ1) is 9.59. The van der Waals surface area contributed by atoms with E-state index in [0.717, 1.165) is 25.6 Å². The summed E-state index contributed by atoms with van der Waals surface area (Å²) in [6.45, 7) is 9.71. The van der Waals surface area contributed by atoms with Crippen molar-refractivity contribution in [3.63, 3.8) is 0 Å². The minimum atomic E-state index is 0.227. The number of aryl methyl sites for hydroxylation is 1. The van der Waals surface area contributed by atoms with Gasteiger partial charge in [0.1, 0.15) is 0 Å². The van der Waals surface area contributed by atoms with E-state index in [1.54, 1.807) is 0 Å². The van der Waals surface area contributed by atoms with Crippen molar-refractivity contribution < 1.29 is 0 Å². The topological polar surface area (TPSA) is 29.3 Å². The Kier molecular flexibility index (Phi) is 5.22. The van der Waals surface area contributed by atoms with E-state index in [4.69, 9.17) is 5.73 Å². The Bertz CT molecular complexity index is 419. The third kappa shape index (κ3) is 3.42. The second kappa shape index (κ2) is 6.73. The number of likely N-dealkylation sites (N-methyl/N-ethyl adjacent to an activating group) is 1. The van der Waals surface area contributed by atoms with Gasteiger partial charge in [-0.2, -0.15) is 0 Å². The van der Waals surface area contributed by atoms with Crippen LogP contribution in [0.5, 0.6) is 0 Å². The Balaban J connectivity index is 2.13. The summed E-state index contributed by atoms with van der Waals surface area (Å²) in [4.78, 5) is 2.62. The van der Waals surface area contributed by atoms with E-state index in [1.807, 2.05) is 0 Å². The number of benzene rings is 1. The highest BCUT2D eigenvalue weighted by Crippen LogP contribution is 2.36. The van der Waals surface area contributed by atoms with Crippen LogP contribution in [0.25, 0.3) is 0 Å². The molecule has 0 bridgehead atoms. The van der Waals surface area contributed by atoms with E-state index in [-0.39, 0.29) is 5.54 Å².